The second-order valence-corrected chi connectivity index (χ2v) is 4.86. The second-order valence-electron chi connectivity index (χ2n) is 4.04. The van der Waals surface area contributed by atoms with Crippen LogP contribution in [0.2, 0.25) is 10.0 Å². The zero-order valence-corrected chi connectivity index (χ0v) is 12.1. The molecule has 0 atom stereocenters. The molecule has 0 heterocycles. The van der Waals surface area contributed by atoms with E-state index in [-0.39, 0.29) is 0 Å². The van der Waals surface area contributed by atoms with E-state index in [0.29, 0.717) is 28.9 Å². The van der Waals surface area contributed by atoms with Crippen molar-refractivity contribution in [3.8, 4) is 5.75 Å². The highest BCUT2D eigenvalue weighted by molar-refractivity contribution is 6.37. The highest BCUT2D eigenvalue weighted by atomic mass is 35.5. The Labute approximate surface area is 123 Å². The van der Waals surface area contributed by atoms with E-state index in [1.807, 2.05) is 49.4 Å². The highest BCUT2D eigenvalue weighted by Gasteiger charge is 2.09. The molecule has 0 amide bonds. The van der Waals surface area contributed by atoms with Gasteiger partial charge in [-0.05, 0) is 36.8 Å². The first-order valence-corrected chi connectivity index (χ1v) is 6.86. The number of halogens is 2. The van der Waals surface area contributed by atoms with Crippen LogP contribution in [0.25, 0.3) is 0 Å². The summed E-state index contributed by atoms with van der Waals surface area (Å²) < 4.78 is 5.40. The molecule has 0 radical (unpaired) electrons. The molecule has 0 unspecified atom stereocenters. The molecule has 0 aliphatic carbocycles. The summed E-state index contributed by atoms with van der Waals surface area (Å²) in [5, 5.41) is 4.39. The molecule has 2 aromatic rings. The van der Waals surface area contributed by atoms with Crippen LogP contribution in [0.15, 0.2) is 42.5 Å². The Morgan fingerprint density at radius 3 is 2.26 bits per heavy atom. The monoisotopic (exact) mass is 295 g/mol. The van der Waals surface area contributed by atoms with Crippen LogP contribution in [-0.2, 0) is 6.54 Å². The maximum atomic E-state index is 6.16. The van der Waals surface area contributed by atoms with Gasteiger partial charge in [0.25, 0.3) is 0 Å². The zero-order chi connectivity index (χ0) is 13.7. The first-order chi connectivity index (χ1) is 9.20. The molecular weight excluding hydrogens is 281 g/mol. The molecule has 19 heavy (non-hydrogen) atoms. The Kier molecular flexibility index (Phi) is 4.94. The van der Waals surface area contributed by atoms with Crippen LogP contribution in [0, 0.1) is 0 Å². The molecule has 2 rings (SSSR count). The third-order valence-electron chi connectivity index (χ3n) is 2.62. The van der Waals surface area contributed by atoms with Crippen LogP contribution >= 0.6 is 23.2 Å². The van der Waals surface area contributed by atoms with Gasteiger partial charge in [-0.3, -0.25) is 0 Å². The van der Waals surface area contributed by atoms with Crippen LogP contribution < -0.4 is 10.1 Å². The molecule has 0 bridgehead atoms. The van der Waals surface area contributed by atoms with Gasteiger partial charge in [-0.2, -0.15) is 0 Å². The fourth-order valence-corrected chi connectivity index (χ4v) is 2.40. The predicted molar refractivity (Wildman–Crippen MR) is 81.4 cm³/mol. The molecule has 0 aromatic heterocycles. The number of benzene rings is 2. The maximum absolute atomic E-state index is 6.16. The van der Waals surface area contributed by atoms with Crippen molar-refractivity contribution < 1.29 is 4.74 Å². The molecule has 0 aliphatic heterocycles. The van der Waals surface area contributed by atoms with Crippen LogP contribution in [0.5, 0.6) is 5.75 Å². The maximum Gasteiger partial charge on any atom is 0.156 e. The average molecular weight is 296 g/mol. The second kappa shape index (κ2) is 6.69. The van der Waals surface area contributed by atoms with Crippen molar-refractivity contribution in [1.82, 2.24) is 0 Å². The van der Waals surface area contributed by atoms with Crippen molar-refractivity contribution in [3.63, 3.8) is 0 Å². The summed E-state index contributed by atoms with van der Waals surface area (Å²) >= 11 is 12.3. The molecular formula is C15H15Cl2NO. The van der Waals surface area contributed by atoms with Crippen molar-refractivity contribution in [1.29, 1.82) is 0 Å². The van der Waals surface area contributed by atoms with Crippen LogP contribution in [0.1, 0.15) is 12.5 Å². The van der Waals surface area contributed by atoms with E-state index in [4.69, 9.17) is 27.9 Å². The SMILES string of the molecule is CCOc1c(Cl)cc(CNc2ccccc2)cc1Cl. The highest BCUT2D eigenvalue weighted by Crippen LogP contribution is 2.34. The first kappa shape index (κ1) is 14.0. The summed E-state index contributed by atoms with van der Waals surface area (Å²) in [5.41, 5.74) is 2.07. The third kappa shape index (κ3) is 3.79. The van der Waals surface area contributed by atoms with Gasteiger partial charge in [-0.25, -0.2) is 0 Å². The molecule has 0 fully saturated rings. The smallest absolute Gasteiger partial charge is 0.156 e. The molecule has 2 nitrogen and oxygen atoms in total. The summed E-state index contributed by atoms with van der Waals surface area (Å²) in [5.74, 6) is 0.550. The van der Waals surface area contributed by atoms with E-state index in [1.54, 1.807) is 0 Å². The van der Waals surface area contributed by atoms with E-state index >= 15 is 0 Å². The van der Waals surface area contributed by atoms with E-state index in [0.717, 1.165) is 11.3 Å². The van der Waals surface area contributed by atoms with Crippen LogP contribution in [0.4, 0.5) is 5.69 Å². The summed E-state index contributed by atoms with van der Waals surface area (Å²) in [7, 11) is 0. The largest absolute Gasteiger partial charge is 0.491 e. The molecule has 1 N–H and O–H groups in total. The van der Waals surface area contributed by atoms with Crippen LogP contribution in [0.3, 0.4) is 0 Å². The number of hydrogen-bond donors (Lipinski definition) is 1. The van der Waals surface area contributed by atoms with Crippen molar-refractivity contribution in [2.75, 3.05) is 11.9 Å². The van der Waals surface area contributed by atoms with Gasteiger partial charge in [0.2, 0.25) is 0 Å². The lowest BCUT2D eigenvalue weighted by Gasteiger charge is -2.11. The lowest BCUT2D eigenvalue weighted by atomic mass is 10.2. The minimum absolute atomic E-state index is 0.541. The van der Waals surface area contributed by atoms with E-state index in [1.165, 1.54) is 0 Å². The summed E-state index contributed by atoms with van der Waals surface area (Å²) in [6, 6.07) is 13.7. The minimum Gasteiger partial charge on any atom is -0.491 e. The number of hydrogen-bond acceptors (Lipinski definition) is 2. The molecule has 0 saturated heterocycles. The molecule has 4 heteroatoms. The van der Waals surface area contributed by atoms with Gasteiger partial charge in [0.05, 0.1) is 16.7 Å². The van der Waals surface area contributed by atoms with Gasteiger partial charge >= 0.3 is 0 Å². The van der Waals surface area contributed by atoms with Crippen LogP contribution in [-0.4, -0.2) is 6.61 Å². The van der Waals surface area contributed by atoms with E-state index in [9.17, 15) is 0 Å². The van der Waals surface area contributed by atoms with Gasteiger partial charge in [-0.15, -0.1) is 0 Å². The standard InChI is InChI=1S/C15H15Cl2NO/c1-2-19-15-13(16)8-11(9-14(15)17)10-18-12-6-4-3-5-7-12/h3-9,18H,2,10H2,1H3. The fourth-order valence-electron chi connectivity index (χ4n) is 1.76. The number of anilines is 1. The number of ether oxygens (including phenoxy) is 1. The van der Waals surface area contributed by atoms with Crippen molar-refractivity contribution in [2.24, 2.45) is 0 Å². The topological polar surface area (TPSA) is 21.3 Å². The Morgan fingerprint density at radius 2 is 1.68 bits per heavy atom. The molecule has 0 spiro atoms. The third-order valence-corrected chi connectivity index (χ3v) is 3.18. The van der Waals surface area contributed by atoms with Crippen molar-refractivity contribution >= 4 is 28.9 Å². The Morgan fingerprint density at radius 1 is 1.05 bits per heavy atom. The summed E-state index contributed by atoms with van der Waals surface area (Å²) in [6.07, 6.45) is 0. The number of para-hydroxylation sites is 1. The summed E-state index contributed by atoms with van der Waals surface area (Å²) in [4.78, 5) is 0. The first-order valence-electron chi connectivity index (χ1n) is 6.10. The number of rotatable bonds is 5. The Balaban J connectivity index is 2.09. The zero-order valence-electron chi connectivity index (χ0n) is 10.6. The van der Waals surface area contributed by atoms with Gasteiger partial charge in [-0.1, -0.05) is 41.4 Å². The van der Waals surface area contributed by atoms with Crippen molar-refractivity contribution in [3.05, 3.63) is 58.1 Å². The van der Waals surface area contributed by atoms with Crippen molar-refractivity contribution in [2.45, 2.75) is 13.5 Å². The Bertz CT molecular complexity index is 520. The van der Waals surface area contributed by atoms with Gasteiger partial charge in [0, 0.05) is 12.2 Å². The molecule has 100 valence electrons. The molecule has 0 saturated carbocycles. The predicted octanol–water partition coefficient (Wildman–Crippen LogP) is 5.00. The fraction of sp³-hybridized carbons (Fsp3) is 0.200. The average Bonchev–Trinajstić information content (AvgIpc) is 2.42. The minimum atomic E-state index is 0.541. The van der Waals surface area contributed by atoms with Gasteiger partial charge < -0.3 is 10.1 Å². The lowest BCUT2D eigenvalue weighted by Crippen LogP contribution is -2.00. The van der Waals surface area contributed by atoms with Gasteiger partial charge in [0.15, 0.2) is 5.75 Å². The van der Waals surface area contributed by atoms with E-state index in [2.05, 4.69) is 5.32 Å². The summed E-state index contributed by atoms with van der Waals surface area (Å²) in [6.45, 7) is 3.11. The number of nitrogens with one attached hydrogen (secondary N) is 1. The Hall–Kier alpha value is -1.38. The molecule has 2 aromatic carbocycles. The molecule has 0 aliphatic rings. The van der Waals surface area contributed by atoms with E-state index < -0.39 is 0 Å². The normalized spacial score (nSPS) is 10.3. The quantitative estimate of drug-likeness (QED) is 0.838. The van der Waals surface area contributed by atoms with Gasteiger partial charge in [0.1, 0.15) is 0 Å². The lowest BCUT2D eigenvalue weighted by molar-refractivity contribution is 0.340.